The van der Waals surface area contributed by atoms with Gasteiger partial charge in [-0.05, 0) is 12.1 Å². The molecule has 0 bridgehead atoms. The number of anilines is 1. The Labute approximate surface area is 156 Å². The van der Waals surface area contributed by atoms with Crippen LogP contribution in [0.4, 0.5) is 5.69 Å². The van der Waals surface area contributed by atoms with E-state index >= 15 is 0 Å². The smallest absolute Gasteiger partial charge is 0.228 e. The fraction of sp³-hybridized carbons (Fsp3) is 0.357. The molecule has 0 aliphatic carbocycles. The maximum absolute atomic E-state index is 11.8. The summed E-state index contributed by atoms with van der Waals surface area (Å²) in [6.45, 7) is 4.92. The zero-order valence-corrected chi connectivity index (χ0v) is 16.1. The summed E-state index contributed by atoms with van der Waals surface area (Å²) in [6, 6.07) is 4.09. The van der Waals surface area contributed by atoms with Crippen LogP contribution in [0.15, 0.2) is 35.1 Å². The number of carbonyl (C=O) groups excluding carboxylic acids is 1. The van der Waals surface area contributed by atoms with Crippen molar-refractivity contribution in [3.8, 4) is 5.75 Å². The molecule has 1 unspecified atom stereocenters. The van der Waals surface area contributed by atoms with Crippen LogP contribution in [0, 0.1) is 0 Å². The molecule has 0 radical (unpaired) electrons. The van der Waals surface area contributed by atoms with Crippen molar-refractivity contribution in [1.29, 1.82) is 0 Å². The number of halogens is 3. The Kier molecular flexibility index (Phi) is 7.22. The van der Waals surface area contributed by atoms with Gasteiger partial charge in [0.2, 0.25) is 9.70 Å². The summed E-state index contributed by atoms with van der Waals surface area (Å²) in [4.78, 5) is 11.6. The third kappa shape index (κ3) is 5.44. The van der Waals surface area contributed by atoms with E-state index in [9.17, 15) is 13.2 Å². The molecule has 1 atom stereocenters. The number of alkyl halides is 3. The molecule has 1 aromatic rings. The molecule has 0 heterocycles. The largest absolute Gasteiger partial charge is 0.495 e. The van der Waals surface area contributed by atoms with E-state index in [1.165, 1.54) is 25.3 Å². The van der Waals surface area contributed by atoms with Crippen LogP contribution < -0.4 is 15.4 Å². The third-order valence-corrected chi connectivity index (χ3v) is 4.98. The quantitative estimate of drug-likeness (QED) is 0.527. The molecular weight excluding hydrogens is 399 g/mol. The normalized spacial score (nSPS) is 13.0. The fourth-order valence-electron chi connectivity index (χ4n) is 1.68. The number of benzene rings is 1. The lowest BCUT2D eigenvalue weighted by Crippen LogP contribution is -2.49. The van der Waals surface area contributed by atoms with Gasteiger partial charge in [0.15, 0.2) is 9.84 Å². The van der Waals surface area contributed by atoms with E-state index in [4.69, 9.17) is 39.5 Å². The van der Waals surface area contributed by atoms with Crippen LogP contribution in [0.2, 0.25) is 0 Å². The highest BCUT2D eigenvalue weighted by molar-refractivity contribution is 7.94. The molecular formula is C14H17Cl3N2O4S. The lowest BCUT2D eigenvalue weighted by atomic mass is 10.2. The first-order valence-corrected chi connectivity index (χ1v) is 9.41. The van der Waals surface area contributed by atoms with E-state index in [0.29, 0.717) is 5.69 Å². The maximum Gasteiger partial charge on any atom is 0.228 e. The van der Waals surface area contributed by atoms with Gasteiger partial charge >= 0.3 is 0 Å². The predicted molar refractivity (Wildman–Crippen MR) is 96.5 cm³/mol. The number of amides is 1. The van der Waals surface area contributed by atoms with Crippen molar-refractivity contribution in [2.75, 3.05) is 12.4 Å². The van der Waals surface area contributed by atoms with Gasteiger partial charge in [-0.2, -0.15) is 0 Å². The zero-order chi connectivity index (χ0) is 18.5. The van der Waals surface area contributed by atoms with Crippen LogP contribution in [0.3, 0.4) is 0 Å². The first-order valence-electron chi connectivity index (χ1n) is 6.73. The number of hydrogen-bond acceptors (Lipinski definition) is 5. The number of hydrogen-bond donors (Lipinski definition) is 2. The van der Waals surface area contributed by atoms with Crippen LogP contribution in [-0.2, 0) is 14.6 Å². The molecule has 0 saturated carbocycles. The van der Waals surface area contributed by atoms with Crippen molar-refractivity contribution in [3.63, 3.8) is 0 Å². The minimum absolute atomic E-state index is 0.00271. The van der Waals surface area contributed by atoms with E-state index in [1.807, 2.05) is 0 Å². The number of methoxy groups -OCH3 is 1. The molecule has 0 spiro atoms. The van der Waals surface area contributed by atoms with Crippen molar-refractivity contribution in [1.82, 2.24) is 5.32 Å². The summed E-state index contributed by atoms with van der Waals surface area (Å²) < 4.78 is 27.0. The highest BCUT2D eigenvalue weighted by Gasteiger charge is 2.34. The van der Waals surface area contributed by atoms with E-state index in [0.717, 1.165) is 5.41 Å². The lowest BCUT2D eigenvalue weighted by Gasteiger charge is -2.28. The van der Waals surface area contributed by atoms with Crippen LogP contribution in [0.25, 0.3) is 0 Å². The second-order valence-electron chi connectivity index (χ2n) is 4.61. The van der Waals surface area contributed by atoms with Gasteiger partial charge in [0, 0.05) is 17.9 Å². The van der Waals surface area contributed by atoms with Gasteiger partial charge in [-0.25, -0.2) is 8.42 Å². The number of ether oxygens (including phenoxy) is 1. The SMILES string of the molecule is C=CS(=O)(=O)c1ccc(NC(NC(=O)CC)C(Cl)(Cl)Cl)c(OC)c1. The van der Waals surface area contributed by atoms with Crippen molar-refractivity contribution in [3.05, 3.63) is 30.2 Å². The zero-order valence-electron chi connectivity index (χ0n) is 13.0. The predicted octanol–water partition coefficient (Wildman–Crippen LogP) is 3.25. The fourth-order valence-corrected chi connectivity index (χ4v) is 2.73. The molecule has 1 aromatic carbocycles. The van der Waals surface area contributed by atoms with Crippen molar-refractivity contribution in [2.45, 2.75) is 28.2 Å². The average molecular weight is 416 g/mol. The molecule has 10 heteroatoms. The van der Waals surface area contributed by atoms with Crippen molar-refractivity contribution in [2.24, 2.45) is 0 Å². The Hall–Kier alpha value is -1.15. The molecule has 0 fully saturated rings. The summed E-state index contributed by atoms with van der Waals surface area (Å²) in [5.41, 5.74) is 0.341. The minimum atomic E-state index is -3.62. The number of sulfone groups is 1. The van der Waals surface area contributed by atoms with Gasteiger partial charge in [-0.3, -0.25) is 4.79 Å². The molecule has 0 aliphatic rings. The molecule has 2 N–H and O–H groups in total. The van der Waals surface area contributed by atoms with Gasteiger partial charge in [-0.1, -0.05) is 48.3 Å². The standard InChI is InChI=1S/C14H17Cl3N2O4S/c1-4-12(20)19-13(14(15,16)17)18-10-7-6-9(8-11(10)23-3)24(21,22)5-2/h5-8,13,18H,2,4H2,1,3H3,(H,19,20). The summed E-state index contributed by atoms with van der Waals surface area (Å²) in [7, 11) is -2.26. The summed E-state index contributed by atoms with van der Waals surface area (Å²) in [5.74, 6) is -0.133. The lowest BCUT2D eigenvalue weighted by molar-refractivity contribution is -0.121. The maximum atomic E-state index is 11.8. The van der Waals surface area contributed by atoms with Crippen molar-refractivity contribution >= 4 is 56.2 Å². The highest BCUT2D eigenvalue weighted by atomic mass is 35.6. The Bertz CT molecular complexity index is 717. The first-order chi connectivity index (χ1) is 11.0. The molecule has 0 aromatic heterocycles. The van der Waals surface area contributed by atoms with E-state index in [2.05, 4.69) is 17.2 Å². The number of nitrogens with one attached hydrogen (secondary N) is 2. The summed E-state index contributed by atoms with van der Waals surface area (Å²) in [5, 5.41) is 6.19. The second kappa shape index (κ2) is 8.29. The van der Waals surface area contributed by atoms with Crippen LogP contribution >= 0.6 is 34.8 Å². The highest BCUT2D eigenvalue weighted by Crippen LogP contribution is 2.34. The summed E-state index contributed by atoms with van der Waals surface area (Å²) >= 11 is 17.6. The number of rotatable bonds is 7. The average Bonchev–Trinajstić information content (AvgIpc) is 2.53. The van der Waals surface area contributed by atoms with Gasteiger partial charge in [0.1, 0.15) is 11.9 Å². The van der Waals surface area contributed by atoms with Gasteiger partial charge in [0.25, 0.3) is 0 Å². The first kappa shape index (κ1) is 20.9. The van der Waals surface area contributed by atoms with Crippen LogP contribution in [0.5, 0.6) is 5.75 Å². The van der Waals surface area contributed by atoms with Crippen LogP contribution in [0.1, 0.15) is 13.3 Å². The van der Waals surface area contributed by atoms with E-state index < -0.39 is 19.8 Å². The Morgan fingerprint density at radius 3 is 2.50 bits per heavy atom. The number of carbonyl (C=O) groups is 1. The molecule has 0 aliphatic heterocycles. The monoisotopic (exact) mass is 414 g/mol. The van der Waals surface area contributed by atoms with E-state index in [-0.39, 0.29) is 23.0 Å². The van der Waals surface area contributed by atoms with Gasteiger partial charge in [-0.15, -0.1) is 0 Å². The van der Waals surface area contributed by atoms with Crippen LogP contribution in [-0.4, -0.2) is 31.4 Å². The molecule has 0 saturated heterocycles. The molecule has 6 nitrogen and oxygen atoms in total. The molecule has 1 amide bonds. The van der Waals surface area contributed by atoms with Gasteiger partial charge < -0.3 is 15.4 Å². The van der Waals surface area contributed by atoms with Crippen molar-refractivity contribution < 1.29 is 17.9 Å². The molecule has 1 rings (SSSR count). The Morgan fingerprint density at radius 1 is 1.42 bits per heavy atom. The third-order valence-electron chi connectivity index (χ3n) is 2.97. The Balaban J connectivity index is 3.20. The Morgan fingerprint density at radius 2 is 2.04 bits per heavy atom. The minimum Gasteiger partial charge on any atom is -0.495 e. The summed E-state index contributed by atoms with van der Waals surface area (Å²) in [6.07, 6.45) is -0.849. The molecule has 24 heavy (non-hydrogen) atoms. The topological polar surface area (TPSA) is 84.5 Å². The van der Waals surface area contributed by atoms with E-state index in [1.54, 1.807) is 6.92 Å². The molecule has 134 valence electrons. The second-order valence-corrected chi connectivity index (χ2v) is 8.88. The van der Waals surface area contributed by atoms with Gasteiger partial charge in [0.05, 0.1) is 17.7 Å².